The Bertz CT molecular complexity index is 826. The Hall–Kier alpha value is -1.46. The summed E-state index contributed by atoms with van der Waals surface area (Å²) >= 11 is 6.74. The van der Waals surface area contributed by atoms with Crippen molar-refractivity contribution >= 4 is 48.5 Å². The van der Waals surface area contributed by atoms with Gasteiger partial charge in [-0.25, -0.2) is 4.39 Å². The van der Waals surface area contributed by atoms with Crippen LogP contribution in [0.1, 0.15) is 15.9 Å². The quantitative estimate of drug-likeness (QED) is 0.603. The van der Waals surface area contributed by atoms with Crippen LogP contribution in [0.2, 0.25) is 0 Å². The van der Waals surface area contributed by atoms with Crippen molar-refractivity contribution in [3.05, 3.63) is 68.5 Å². The molecule has 3 rings (SSSR count). The number of H-pyrrole nitrogens is 1. The van der Waals surface area contributed by atoms with Gasteiger partial charge in [0, 0.05) is 37.2 Å². The number of aromatic amines is 1. The van der Waals surface area contributed by atoms with Crippen molar-refractivity contribution in [1.82, 2.24) is 4.98 Å². The SMILES string of the molecule is O=C(c1ccc(Br)cc1Br)c1c[nH]c2cc(F)ccc12. The van der Waals surface area contributed by atoms with Gasteiger partial charge in [0.05, 0.1) is 0 Å². The highest BCUT2D eigenvalue weighted by molar-refractivity contribution is 9.11. The maximum absolute atomic E-state index is 13.2. The summed E-state index contributed by atoms with van der Waals surface area (Å²) in [5.41, 5.74) is 1.71. The highest BCUT2D eigenvalue weighted by Crippen LogP contribution is 2.27. The van der Waals surface area contributed by atoms with Crippen molar-refractivity contribution < 1.29 is 9.18 Å². The second-order valence-electron chi connectivity index (χ2n) is 4.35. The fraction of sp³-hybridized carbons (Fsp3) is 0. The summed E-state index contributed by atoms with van der Waals surface area (Å²) < 4.78 is 14.8. The number of hydrogen-bond donors (Lipinski definition) is 1. The van der Waals surface area contributed by atoms with Crippen LogP contribution in [0.3, 0.4) is 0 Å². The van der Waals surface area contributed by atoms with E-state index < -0.39 is 0 Å². The number of fused-ring (bicyclic) bond motifs is 1. The molecule has 0 fully saturated rings. The number of carbonyl (C=O) groups is 1. The number of halogens is 3. The molecule has 0 unspecified atom stereocenters. The van der Waals surface area contributed by atoms with Crippen LogP contribution in [0, 0.1) is 5.82 Å². The maximum atomic E-state index is 13.2. The van der Waals surface area contributed by atoms with E-state index in [4.69, 9.17) is 0 Å². The molecule has 20 heavy (non-hydrogen) atoms. The Balaban J connectivity index is 2.13. The van der Waals surface area contributed by atoms with Crippen LogP contribution in [0.4, 0.5) is 4.39 Å². The number of rotatable bonds is 2. The first-order chi connectivity index (χ1) is 9.56. The fourth-order valence-electron chi connectivity index (χ4n) is 2.10. The number of benzene rings is 2. The van der Waals surface area contributed by atoms with Crippen molar-refractivity contribution in [2.24, 2.45) is 0 Å². The van der Waals surface area contributed by atoms with Gasteiger partial charge in [0.2, 0.25) is 0 Å². The first kappa shape index (κ1) is 13.5. The zero-order valence-corrected chi connectivity index (χ0v) is 13.3. The van der Waals surface area contributed by atoms with Gasteiger partial charge < -0.3 is 4.98 Å². The number of carbonyl (C=O) groups excluding carboxylic acids is 1. The smallest absolute Gasteiger partial charge is 0.196 e. The molecule has 1 N–H and O–H groups in total. The van der Waals surface area contributed by atoms with Gasteiger partial charge in [-0.1, -0.05) is 15.9 Å². The van der Waals surface area contributed by atoms with Crippen molar-refractivity contribution in [3.63, 3.8) is 0 Å². The molecule has 0 spiro atoms. The van der Waals surface area contributed by atoms with Crippen molar-refractivity contribution in [2.45, 2.75) is 0 Å². The zero-order chi connectivity index (χ0) is 14.3. The minimum absolute atomic E-state index is 0.109. The molecule has 0 bridgehead atoms. The van der Waals surface area contributed by atoms with E-state index in [0.29, 0.717) is 26.5 Å². The average molecular weight is 397 g/mol. The zero-order valence-electron chi connectivity index (χ0n) is 10.1. The van der Waals surface area contributed by atoms with E-state index in [1.807, 2.05) is 12.1 Å². The van der Waals surface area contributed by atoms with E-state index in [-0.39, 0.29) is 11.6 Å². The predicted molar refractivity (Wildman–Crippen MR) is 83.5 cm³/mol. The lowest BCUT2D eigenvalue weighted by molar-refractivity contribution is 0.103. The Kier molecular flexibility index (Phi) is 3.48. The third-order valence-corrected chi connectivity index (χ3v) is 4.21. The van der Waals surface area contributed by atoms with Gasteiger partial charge in [0.25, 0.3) is 0 Å². The average Bonchev–Trinajstić information content (AvgIpc) is 2.80. The topological polar surface area (TPSA) is 32.9 Å². The molecule has 0 aliphatic carbocycles. The maximum Gasteiger partial charge on any atom is 0.196 e. The third-order valence-electron chi connectivity index (χ3n) is 3.06. The minimum atomic E-state index is -0.330. The summed E-state index contributed by atoms with van der Waals surface area (Å²) in [5.74, 6) is -0.439. The van der Waals surface area contributed by atoms with Crippen molar-refractivity contribution in [1.29, 1.82) is 0 Å². The largest absolute Gasteiger partial charge is 0.360 e. The minimum Gasteiger partial charge on any atom is -0.360 e. The third kappa shape index (κ3) is 2.31. The van der Waals surface area contributed by atoms with Crippen molar-refractivity contribution in [3.8, 4) is 0 Å². The molecule has 0 aliphatic heterocycles. The number of aromatic nitrogens is 1. The molecule has 100 valence electrons. The highest BCUT2D eigenvalue weighted by Gasteiger charge is 2.17. The van der Waals surface area contributed by atoms with Gasteiger partial charge >= 0.3 is 0 Å². The molecular formula is C15H8Br2FNO. The van der Waals surface area contributed by atoms with E-state index in [1.54, 1.807) is 18.3 Å². The molecule has 2 nitrogen and oxygen atoms in total. The summed E-state index contributed by atoms with van der Waals surface area (Å²) in [7, 11) is 0. The van der Waals surface area contributed by atoms with Crippen LogP contribution in [-0.2, 0) is 0 Å². The second kappa shape index (κ2) is 5.14. The Morgan fingerprint density at radius 2 is 1.85 bits per heavy atom. The first-order valence-corrected chi connectivity index (χ1v) is 7.41. The Morgan fingerprint density at radius 1 is 1.05 bits per heavy atom. The standard InChI is InChI=1S/C15H8Br2FNO/c16-8-1-3-11(13(17)5-8)15(20)12-7-19-14-6-9(18)2-4-10(12)14/h1-7,19H. The molecule has 0 amide bonds. The number of ketones is 1. The lowest BCUT2D eigenvalue weighted by Gasteiger charge is -2.03. The van der Waals surface area contributed by atoms with Crippen LogP contribution in [0.5, 0.6) is 0 Å². The molecule has 1 heterocycles. The molecule has 0 aliphatic rings. The normalized spacial score (nSPS) is 10.9. The molecule has 3 aromatic rings. The Labute approximate surface area is 131 Å². The van der Waals surface area contributed by atoms with Crippen LogP contribution in [-0.4, -0.2) is 10.8 Å². The van der Waals surface area contributed by atoms with E-state index in [0.717, 1.165) is 4.47 Å². The van der Waals surface area contributed by atoms with E-state index in [1.165, 1.54) is 12.1 Å². The van der Waals surface area contributed by atoms with Crippen molar-refractivity contribution in [2.75, 3.05) is 0 Å². The monoisotopic (exact) mass is 395 g/mol. The molecule has 1 aromatic heterocycles. The summed E-state index contributed by atoms with van der Waals surface area (Å²) in [6.45, 7) is 0. The molecule has 0 radical (unpaired) electrons. The van der Waals surface area contributed by atoms with Gasteiger partial charge in [-0.15, -0.1) is 0 Å². The van der Waals surface area contributed by atoms with Gasteiger partial charge in [-0.05, 0) is 52.3 Å². The molecular weight excluding hydrogens is 389 g/mol. The van der Waals surface area contributed by atoms with Gasteiger partial charge in [-0.2, -0.15) is 0 Å². The summed E-state index contributed by atoms with van der Waals surface area (Å²) in [6, 6.07) is 9.72. The summed E-state index contributed by atoms with van der Waals surface area (Å²) in [4.78, 5) is 15.5. The lowest BCUT2D eigenvalue weighted by Crippen LogP contribution is -2.01. The van der Waals surface area contributed by atoms with E-state index >= 15 is 0 Å². The number of hydrogen-bond acceptors (Lipinski definition) is 1. The molecule has 0 atom stereocenters. The summed E-state index contributed by atoms with van der Waals surface area (Å²) in [6.07, 6.45) is 1.61. The second-order valence-corrected chi connectivity index (χ2v) is 6.12. The Morgan fingerprint density at radius 3 is 2.60 bits per heavy atom. The van der Waals surface area contributed by atoms with Crippen LogP contribution < -0.4 is 0 Å². The molecule has 0 saturated heterocycles. The van der Waals surface area contributed by atoms with Gasteiger partial charge in [-0.3, -0.25) is 4.79 Å². The van der Waals surface area contributed by atoms with Crippen LogP contribution >= 0.6 is 31.9 Å². The predicted octanol–water partition coefficient (Wildman–Crippen LogP) is 5.06. The van der Waals surface area contributed by atoms with Crippen LogP contribution in [0.15, 0.2) is 51.5 Å². The molecule has 2 aromatic carbocycles. The fourth-order valence-corrected chi connectivity index (χ4v) is 3.33. The lowest BCUT2D eigenvalue weighted by atomic mass is 10.0. The highest BCUT2D eigenvalue weighted by atomic mass is 79.9. The molecule has 0 saturated carbocycles. The van der Waals surface area contributed by atoms with Gasteiger partial charge in [0.1, 0.15) is 5.82 Å². The summed E-state index contributed by atoms with van der Waals surface area (Å²) in [5, 5.41) is 0.714. The van der Waals surface area contributed by atoms with E-state index in [9.17, 15) is 9.18 Å². The van der Waals surface area contributed by atoms with Crippen LogP contribution in [0.25, 0.3) is 10.9 Å². The van der Waals surface area contributed by atoms with E-state index in [2.05, 4.69) is 36.8 Å². The molecule has 5 heteroatoms. The number of nitrogens with one attached hydrogen (secondary N) is 1. The first-order valence-electron chi connectivity index (χ1n) is 5.82. The van der Waals surface area contributed by atoms with Gasteiger partial charge in [0.15, 0.2) is 5.78 Å².